The Kier molecular flexibility index (Phi) is 1.98. The molecule has 0 spiro atoms. The molecule has 72 valence electrons. The van der Waals surface area contributed by atoms with Crippen LogP contribution in [-0.2, 0) is 9.53 Å². The number of hydrogen-bond donors (Lipinski definition) is 0. The monoisotopic (exact) mass is 240 g/mol. The topological polar surface area (TPSA) is 26.3 Å². The van der Waals surface area contributed by atoms with Crippen molar-refractivity contribution in [2.24, 2.45) is 0 Å². The third kappa shape index (κ3) is 1.09. The van der Waals surface area contributed by atoms with E-state index in [9.17, 15) is 4.79 Å². The Balaban J connectivity index is 2.48. The smallest absolute Gasteiger partial charge is 0.209 e. The largest absolute Gasteiger partial charge is 0.358 e. The van der Waals surface area contributed by atoms with Crippen LogP contribution < -0.4 is 0 Å². The second kappa shape index (κ2) is 2.63. The zero-order valence-electron chi connectivity index (χ0n) is 6.76. The summed E-state index contributed by atoms with van der Waals surface area (Å²) in [7, 11) is 0. The maximum Gasteiger partial charge on any atom is 0.209 e. The van der Waals surface area contributed by atoms with Gasteiger partial charge in [0.2, 0.25) is 4.33 Å². The van der Waals surface area contributed by atoms with E-state index in [1.54, 1.807) is 19.1 Å². The maximum absolute atomic E-state index is 11.6. The van der Waals surface area contributed by atoms with Gasteiger partial charge in [0.05, 0.1) is 0 Å². The SMILES string of the molecule is C[C@@]12C=C[C@@H](O1)[C@H](Cl)C(=O)C2(Cl)Cl. The molecule has 2 rings (SSSR count). The van der Waals surface area contributed by atoms with E-state index >= 15 is 0 Å². The van der Waals surface area contributed by atoms with E-state index in [1.165, 1.54) is 0 Å². The number of alkyl halides is 3. The van der Waals surface area contributed by atoms with Crippen LogP contribution in [0, 0.1) is 0 Å². The van der Waals surface area contributed by atoms with Gasteiger partial charge < -0.3 is 4.74 Å². The summed E-state index contributed by atoms with van der Waals surface area (Å²) in [4.78, 5) is 11.6. The lowest BCUT2D eigenvalue weighted by molar-refractivity contribution is -0.136. The van der Waals surface area contributed by atoms with Crippen molar-refractivity contribution < 1.29 is 9.53 Å². The molecule has 0 aromatic rings. The average molecular weight is 242 g/mol. The van der Waals surface area contributed by atoms with E-state index in [0.29, 0.717) is 0 Å². The first-order valence-electron chi connectivity index (χ1n) is 3.82. The van der Waals surface area contributed by atoms with Crippen LogP contribution in [0.25, 0.3) is 0 Å². The van der Waals surface area contributed by atoms with Gasteiger partial charge in [-0.25, -0.2) is 0 Å². The van der Waals surface area contributed by atoms with Crippen molar-refractivity contribution in [1.29, 1.82) is 0 Å². The minimum atomic E-state index is -1.58. The van der Waals surface area contributed by atoms with E-state index in [2.05, 4.69) is 0 Å². The second-order valence-corrected chi connectivity index (χ2v) is 5.19. The summed E-state index contributed by atoms with van der Waals surface area (Å²) in [5, 5.41) is -0.790. The molecule has 0 amide bonds. The second-order valence-electron chi connectivity index (χ2n) is 3.39. The van der Waals surface area contributed by atoms with E-state index in [0.717, 1.165) is 0 Å². The number of rotatable bonds is 0. The molecule has 13 heavy (non-hydrogen) atoms. The van der Waals surface area contributed by atoms with Gasteiger partial charge in [0.1, 0.15) is 17.1 Å². The minimum absolute atomic E-state index is 0.388. The van der Waals surface area contributed by atoms with E-state index in [1.807, 2.05) is 0 Å². The summed E-state index contributed by atoms with van der Waals surface area (Å²) in [5.41, 5.74) is -0.941. The summed E-state index contributed by atoms with van der Waals surface area (Å²) < 4.78 is 3.87. The third-order valence-electron chi connectivity index (χ3n) is 2.46. The predicted octanol–water partition coefficient (Wildman–Crippen LogP) is 2.06. The first-order chi connectivity index (χ1) is 5.88. The van der Waals surface area contributed by atoms with Crippen LogP contribution in [0.1, 0.15) is 6.92 Å². The van der Waals surface area contributed by atoms with Crippen molar-refractivity contribution in [2.45, 2.75) is 28.3 Å². The number of carbonyl (C=O) groups is 1. The Bertz CT molecular complexity index is 300. The standard InChI is InChI=1S/C8H7Cl3O2/c1-7-3-2-4(13-7)5(9)6(12)8(7,10)11/h2-5H,1H3/t4-,5+,7+/m1/s1. The van der Waals surface area contributed by atoms with Crippen LogP contribution in [-0.4, -0.2) is 27.2 Å². The Hall–Kier alpha value is 0.240. The molecule has 2 aliphatic heterocycles. The molecule has 1 saturated heterocycles. The van der Waals surface area contributed by atoms with Gasteiger partial charge in [0.15, 0.2) is 5.78 Å². The first-order valence-corrected chi connectivity index (χ1v) is 5.01. The van der Waals surface area contributed by atoms with Crippen LogP contribution in [0.2, 0.25) is 0 Å². The lowest BCUT2D eigenvalue weighted by atomic mass is 9.95. The molecule has 0 radical (unpaired) electrons. The van der Waals surface area contributed by atoms with Gasteiger partial charge in [-0.2, -0.15) is 0 Å². The number of hydrogen-bond acceptors (Lipinski definition) is 2. The highest BCUT2D eigenvalue weighted by atomic mass is 35.5. The fourth-order valence-corrected chi connectivity index (χ4v) is 2.40. The molecule has 1 fully saturated rings. The van der Waals surface area contributed by atoms with Crippen LogP contribution >= 0.6 is 34.8 Å². The van der Waals surface area contributed by atoms with Crippen molar-refractivity contribution in [1.82, 2.24) is 0 Å². The van der Waals surface area contributed by atoms with Crippen molar-refractivity contribution >= 4 is 40.6 Å². The number of ketones is 1. The Morgan fingerprint density at radius 2 is 2.15 bits per heavy atom. The van der Waals surface area contributed by atoms with Gasteiger partial charge in [-0.15, -0.1) is 11.6 Å². The van der Waals surface area contributed by atoms with E-state index in [-0.39, 0.29) is 5.78 Å². The number of fused-ring (bicyclic) bond motifs is 2. The number of carbonyl (C=O) groups excluding carboxylic acids is 1. The predicted molar refractivity (Wildman–Crippen MR) is 51.5 cm³/mol. The Morgan fingerprint density at radius 1 is 1.54 bits per heavy atom. The lowest BCUT2D eigenvalue weighted by Crippen LogP contribution is -2.58. The van der Waals surface area contributed by atoms with Gasteiger partial charge in [0.25, 0.3) is 0 Å². The summed E-state index contributed by atoms with van der Waals surface area (Å²) in [6.07, 6.45) is 3.02. The molecule has 2 bridgehead atoms. The van der Waals surface area contributed by atoms with Crippen molar-refractivity contribution in [3.8, 4) is 0 Å². The zero-order chi connectivity index (χ0) is 9.85. The van der Waals surface area contributed by atoms with Crippen molar-refractivity contribution in [3.05, 3.63) is 12.2 Å². The molecule has 0 aromatic carbocycles. The molecule has 0 unspecified atom stereocenters. The van der Waals surface area contributed by atoms with Crippen LogP contribution in [0.5, 0.6) is 0 Å². The molecule has 2 aliphatic rings. The highest BCUT2D eigenvalue weighted by molar-refractivity contribution is 6.62. The molecule has 5 heteroatoms. The van der Waals surface area contributed by atoms with Crippen molar-refractivity contribution in [2.75, 3.05) is 0 Å². The fourth-order valence-electron chi connectivity index (χ4n) is 1.54. The molecule has 2 nitrogen and oxygen atoms in total. The van der Waals surface area contributed by atoms with Crippen LogP contribution in [0.15, 0.2) is 12.2 Å². The van der Waals surface area contributed by atoms with E-state index < -0.39 is 21.4 Å². The highest BCUT2D eigenvalue weighted by Gasteiger charge is 2.61. The highest BCUT2D eigenvalue weighted by Crippen LogP contribution is 2.48. The molecular weight excluding hydrogens is 234 g/mol. The number of halogens is 3. The van der Waals surface area contributed by atoms with Gasteiger partial charge in [-0.3, -0.25) is 4.79 Å². The summed E-state index contributed by atoms with van der Waals surface area (Å²) >= 11 is 17.6. The quantitative estimate of drug-likeness (QED) is 0.479. The Morgan fingerprint density at radius 3 is 2.77 bits per heavy atom. The van der Waals surface area contributed by atoms with Crippen LogP contribution in [0.3, 0.4) is 0 Å². The minimum Gasteiger partial charge on any atom is -0.358 e. The number of ether oxygens (including phenoxy) is 1. The lowest BCUT2D eigenvalue weighted by Gasteiger charge is -2.41. The van der Waals surface area contributed by atoms with Gasteiger partial charge in [0, 0.05) is 0 Å². The molecule has 0 aromatic heterocycles. The first kappa shape index (κ1) is 9.78. The van der Waals surface area contributed by atoms with Crippen LogP contribution in [0.4, 0.5) is 0 Å². The summed E-state index contributed by atoms with van der Waals surface area (Å²) in [6.45, 7) is 1.67. The molecule has 0 saturated carbocycles. The fraction of sp³-hybridized carbons (Fsp3) is 0.625. The normalized spacial score (nSPS) is 46.9. The molecule has 0 N–H and O–H groups in total. The van der Waals surface area contributed by atoms with Gasteiger partial charge in [-0.05, 0) is 6.92 Å². The van der Waals surface area contributed by atoms with Gasteiger partial charge >= 0.3 is 0 Å². The molecule has 3 atom stereocenters. The maximum atomic E-state index is 11.6. The zero-order valence-corrected chi connectivity index (χ0v) is 9.03. The summed E-state index contributed by atoms with van der Waals surface area (Å²) in [5.74, 6) is -0.388. The van der Waals surface area contributed by atoms with Gasteiger partial charge in [-0.1, -0.05) is 35.4 Å². The third-order valence-corrected chi connectivity index (χ3v) is 4.03. The number of Topliss-reactive ketones (excluding diaryl/α,β-unsaturated/α-hetero) is 1. The average Bonchev–Trinajstić information content (AvgIpc) is 2.43. The summed E-state index contributed by atoms with van der Waals surface area (Å²) in [6, 6.07) is 0. The molecular formula is C8H7Cl3O2. The van der Waals surface area contributed by atoms with Crippen molar-refractivity contribution in [3.63, 3.8) is 0 Å². The van der Waals surface area contributed by atoms with E-state index in [4.69, 9.17) is 39.5 Å². The molecule has 2 heterocycles. The Labute approximate surface area is 90.8 Å². The molecule has 0 aliphatic carbocycles.